The molecule has 0 radical (unpaired) electrons. The van der Waals surface area contributed by atoms with E-state index in [0.717, 1.165) is 5.76 Å². The summed E-state index contributed by atoms with van der Waals surface area (Å²) in [5.41, 5.74) is 1.32. The van der Waals surface area contributed by atoms with Crippen LogP contribution in [0, 0.1) is 13.8 Å². The quantitative estimate of drug-likeness (QED) is 0.578. The van der Waals surface area contributed by atoms with Gasteiger partial charge in [0.1, 0.15) is 5.76 Å². The number of hydrogen-bond donors (Lipinski definition) is 0. The SMILES string of the molecule is C=C.Cc1ccccc1.Cc1ccco1. The van der Waals surface area contributed by atoms with Crippen LogP contribution in [0.25, 0.3) is 0 Å². The fraction of sp³-hybridized carbons (Fsp3) is 0.143. The molecule has 0 unspecified atom stereocenters. The van der Waals surface area contributed by atoms with Crippen molar-refractivity contribution in [2.75, 3.05) is 0 Å². The highest BCUT2D eigenvalue weighted by Gasteiger charge is 1.76. The average Bonchev–Trinajstić information content (AvgIpc) is 2.74. The highest BCUT2D eigenvalue weighted by molar-refractivity contribution is 5.11. The zero-order chi connectivity index (χ0) is 11.5. The van der Waals surface area contributed by atoms with Crippen LogP contribution in [0.2, 0.25) is 0 Å². The van der Waals surface area contributed by atoms with Crippen LogP contribution in [0.4, 0.5) is 0 Å². The molecule has 0 spiro atoms. The van der Waals surface area contributed by atoms with Gasteiger partial charge in [0.2, 0.25) is 0 Å². The van der Waals surface area contributed by atoms with Gasteiger partial charge in [0.15, 0.2) is 0 Å². The van der Waals surface area contributed by atoms with Crippen molar-refractivity contribution in [2.45, 2.75) is 13.8 Å². The van der Waals surface area contributed by atoms with E-state index in [0.29, 0.717) is 0 Å². The summed E-state index contributed by atoms with van der Waals surface area (Å²) >= 11 is 0. The lowest BCUT2D eigenvalue weighted by Crippen LogP contribution is -1.62. The van der Waals surface area contributed by atoms with Crippen LogP contribution in [0.3, 0.4) is 0 Å². The molecule has 1 aromatic carbocycles. The third-order valence-corrected chi connectivity index (χ3v) is 1.60. The normalized spacial score (nSPS) is 7.87. The molecule has 0 aliphatic rings. The maximum atomic E-state index is 4.83. The van der Waals surface area contributed by atoms with Crippen molar-refractivity contribution < 1.29 is 4.42 Å². The van der Waals surface area contributed by atoms with Crippen molar-refractivity contribution in [3.8, 4) is 0 Å². The number of benzene rings is 1. The number of aryl methyl sites for hydroxylation is 2. The van der Waals surface area contributed by atoms with Crippen LogP contribution in [0.15, 0.2) is 66.3 Å². The topological polar surface area (TPSA) is 13.1 Å². The Morgan fingerprint density at radius 3 is 1.67 bits per heavy atom. The van der Waals surface area contributed by atoms with Crippen molar-refractivity contribution in [1.82, 2.24) is 0 Å². The first kappa shape index (κ1) is 13.2. The van der Waals surface area contributed by atoms with Gasteiger partial charge in [-0.25, -0.2) is 0 Å². The lowest BCUT2D eigenvalue weighted by Gasteiger charge is -1.82. The first-order valence-corrected chi connectivity index (χ1v) is 4.81. The van der Waals surface area contributed by atoms with E-state index in [1.807, 2.05) is 37.3 Å². The summed E-state index contributed by atoms with van der Waals surface area (Å²) in [7, 11) is 0. The molecule has 2 rings (SSSR count). The van der Waals surface area contributed by atoms with Gasteiger partial charge in [-0.3, -0.25) is 0 Å². The van der Waals surface area contributed by atoms with Crippen molar-refractivity contribution in [3.63, 3.8) is 0 Å². The molecule has 1 heterocycles. The summed E-state index contributed by atoms with van der Waals surface area (Å²) in [6, 6.07) is 14.0. The highest BCUT2D eigenvalue weighted by atomic mass is 16.3. The zero-order valence-electron chi connectivity index (χ0n) is 9.44. The van der Waals surface area contributed by atoms with Crippen molar-refractivity contribution in [1.29, 1.82) is 0 Å². The number of furan rings is 1. The standard InChI is InChI=1S/C7H8.C5H6O.C2H4/c1-7-5-3-2-4-6-7;1-5-3-2-4-6-5;1-2/h2-6H,1H3;2-4H,1H3;1-2H2. The first-order chi connectivity index (χ1) is 7.29. The molecule has 2 aromatic rings. The molecule has 0 aliphatic heterocycles. The summed E-state index contributed by atoms with van der Waals surface area (Å²) in [6.07, 6.45) is 1.66. The molecule has 0 saturated carbocycles. The molecule has 15 heavy (non-hydrogen) atoms. The maximum absolute atomic E-state index is 4.83. The zero-order valence-corrected chi connectivity index (χ0v) is 9.44. The smallest absolute Gasteiger partial charge is 0.100 e. The van der Waals surface area contributed by atoms with Crippen LogP contribution >= 0.6 is 0 Å². The fourth-order valence-corrected chi connectivity index (χ4v) is 0.895. The summed E-state index contributed by atoms with van der Waals surface area (Å²) < 4.78 is 4.83. The van der Waals surface area contributed by atoms with E-state index in [2.05, 4.69) is 32.2 Å². The fourth-order valence-electron chi connectivity index (χ4n) is 0.895. The van der Waals surface area contributed by atoms with E-state index >= 15 is 0 Å². The molecule has 0 saturated heterocycles. The lowest BCUT2D eigenvalue weighted by atomic mass is 10.2. The Balaban J connectivity index is 0.000000227. The molecule has 0 amide bonds. The predicted molar refractivity (Wildman–Crippen MR) is 65.9 cm³/mol. The minimum Gasteiger partial charge on any atom is -0.470 e. The molecule has 1 aromatic heterocycles. The second-order valence-corrected chi connectivity index (χ2v) is 2.88. The van der Waals surface area contributed by atoms with Crippen LogP contribution < -0.4 is 0 Å². The third-order valence-electron chi connectivity index (χ3n) is 1.60. The molecular weight excluding hydrogens is 184 g/mol. The Labute approximate surface area is 92.1 Å². The minimum absolute atomic E-state index is 0.968. The van der Waals surface area contributed by atoms with Crippen LogP contribution in [0.5, 0.6) is 0 Å². The molecule has 1 nitrogen and oxygen atoms in total. The summed E-state index contributed by atoms with van der Waals surface area (Å²) in [6.45, 7) is 10.0. The monoisotopic (exact) mass is 202 g/mol. The second kappa shape index (κ2) is 8.82. The van der Waals surface area contributed by atoms with Gasteiger partial charge in [-0.2, -0.15) is 0 Å². The predicted octanol–water partition coefficient (Wildman–Crippen LogP) is 4.39. The Morgan fingerprint density at radius 2 is 1.47 bits per heavy atom. The number of hydrogen-bond acceptors (Lipinski definition) is 1. The molecule has 1 heteroatoms. The highest BCUT2D eigenvalue weighted by Crippen LogP contribution is 1.93. The molecule has 0 N–H and O–H groups in total. The van der Waals surface area contributed by atoms with Crippen molar-refractivity contribution >= 4 is 0 Å². The molecule has 0 aliphatic carbocycles. The van der Waals surface area contributed by atoms with E-state index in [4.69, 9.17) is 4.42 Å². The Hall–Kier alpha value is -1.76. The van der Waals surface area contributed by atoms with Crippen molar-refractivity contribution in [3.05, 3.63) is 73.2 Å². The molecule has 80 valence electrons. The van der Waals surface area contributed by atoms with Gasteiger partial charge in [0.25, 0.3) is 0 Å². The van der Waals surface area contributed by atoms with Gasteiger partial charge >= 0.3 is 0 Å². The van der Waals surface area contributed by atoms with Gasteiger partial charge in [-0.05, 0) is 26.0 Å². The van der Waals surface area contributed by atoms with E-state index in [1.54, 1.807) is 6.26 Å². The summed E-state index contributed by atoms with van der Waals surface area (Å²) in [5.74, 6) is 0.968. The average molecular weight is 202 g/mol. The van der Waals surface area contributed by atoms with Crippen molar-refractivity contribution in [2.24, 2.45) is 0 Å². The van der Waals surface area contributed by atoms with Gasteiger partial charge in [0, 0.05) is 0 Å². The van der Waals surface area contributed by atoms with Gasteiger partial charge < -0.3 is 4.42 Å². The maximum Gasteiger partial charge on any atom is 0.100 e. The first-order valence-electron chi connectivity index (χ1n) is 4.81. The van der Waals surface area contributed by atoms with Gasteiger partial charge in [-0.15, -0.1) is 13.2 Å². The molecule has 0 fully saturated rings. The second-order valence-electron chi connectivity index (χ2n) is 2.88. The largest absolute Gasteiger partial charge is 0.470 e. The van der Waals surface area contributed by atoms with Gasteiger partial charge in [-0.1, -0.05) is 35.9 Å². The third kappa shape index (κ3) is 7.32. The summed E-state index contributed by atoms with van der Waals surface area (Å²) in [4.78, 5) is 0. The van der Waals surface area contributed by atoms with E-state index in [9.17, 15) is 0 Å². The molecule has 0 atom stereocenters. The number of rotatable bonds is 0. The molecular formula is C14H18O. The minimum atomic E-state index is 0.968. The Morgan fingerprint density at radius 1 is 0.867 bits per heavy atom. The van der Waals surface area contributed by atoms with E-state index < -0.39 is 0 Å². The van der Waals surface area contributed by atoms with E-state index in [-0.39, 0.29) is 0 Å². The molecule has 0 bridgehead atoms. The lowest BCUT2D eigenvalue weighted by molar-refractivity contribution is 0.534. The Bertz CT molecular complexity index is 322. The Kier molecular flexibility index (Phi) is 7.79. The van der Waals surface area contributed by atoms with Crippen LogP contribution in [0.1, 0.15) is 11.3 Å². The summed E-state index contributed by atoms with van der Waals surface area (Å²) in [5, 5.41) is 0. The van der Waals surface area contributed by atoms with Crippen LogP contribution in [-0.2, 0) is 0 Å². The van der Waals surface area contributed by atoms with E-state index in [1.165, 1.54) is 5.56 Å². The van der Waals surface area contributed by atoms with Gasteiger partial charge in [0.05, 0.1) is 6.26 Å². The van der Waals surface area contributed by atoms with Crippen LogP contribution in [-0.4, -0.2) is 0 Å².